The lowest BCUT2D eigenvalue weighted by molar-refractivity contribution is -0.123. The van der Waals surface area contributed by atoms with E-state index in [4.69, 9.17) is 4.74 Å². The summed E-state index contributed by atoms with van der Waals surface area (Å²) >= 11 is 0. The molecule has 1 atom stereocenters. The zero-order chi connectivity index (χ0) is 20.0. The van der Waals surface area contributed by atoms with Gasteiger partial charge in [-0.2, -0.15) is 4.72 Å². The van der Waals surface area contributed by atoms with Crippen LogP contribution < -0.4 is 14.8 Å². The molecule has 1 aromatic rings. The molecule has 0 saturated carbocycles. The highest BCUT2D eigenvalue weighted by Crippen LogP contribution is 2.16. The summed E-state index contributed by atoms with van der Waals surface area (Å²) in [6.07, 6.45) is 0. The molecule has 10 heteroatoms. The molecular weight excluding hydrogens is 380 g/mol. The fraction of sp³-hybridized carbons (Fsp3) is 0.562. The Morgan fingerprint density at radius 1 is 1.12 bits per heavy atom. The summed E-state index contributed by atoms with van der Waals surface area (Å²) in [5.41, 5.74) is 0. The van der Waals surface area contributed by atoms with Crippen LogP contribution in [0.3, 0.4) is 0 Å². The number of sulfone groups is 1. The molecule has 0 spiro atoms. The van der Waals surface area contributed by atoms with E-state index < -0.39 is 31.8 Å². The minimum absolute atomic E-state index is 0.00492. The topological polar surface area (TPSA) is 119 Å². The molecule has 0 fully saturated rings. The van der Waals surface area contributed by atoms with Crippen molar-refractivity contribution in [3.63, 3.8) is 0 Å². The van der Waals surface area contributed by atoms with Gasteiger partial charge in [0.15, 0.2) is 9.84 Å². The Bertz CT molecular complexity index is 802. The molecule has 0 bridgehead atoms. The number of benzene rings is 1. The summed E-state index contributed by atoms with van der Waals surface area (Å²) in [5, 5.41) is 2.48. The van der Waals surface area contributed by atoms with Gasteiger partial charge in [0.25, 0.3) is 0 Å². The van der Waals surface area contributed by atoms with Gasteiger partial charge < -0.3 is 10.1 Å². The zero-order valence-electron chi connectivity index (χ0n) is 15.4. The quantitative estimate of drug-likeness (QED) is 0.586. The molecule has 0 aromatic heterocycles. The smallest absolute Gasteiger partial charge is 0.241 e. The van der Waals surface area contributed by atoms with Gasteiger partial charge in [0, 0.05) is 12.3 Å². The summed E-state index contributed by atoms with van der Waals surface area (Å²) in [4.78, 5) is 12.3. The van der Waals surface area contributed by atoms with Crippen LogP contribution in [0, 0.1) is 5.92 Å². The van der Waals surface area contributed by atoms with E-state index in [-0.39, 0.29) is 28.9 Å². The second kappa shape index (κ2) is 9.33. The maximum absolute atomic E-state index is 12.5. The van der Waals surface area contributed by atoms with Gasteiger partial charge in [-0.1, -0.05) is 20.8 Å². The third-order valence-electron chi connectivity index (χ3n) is 3.75. The molecule has 148 valence electrons. The van der Waals surface area contributed by atoms with Crippen molar-refractivity contribution in [1.29, 1.82) is 0 Å². The number of amides is 1. The first kappa shape index (κ1) is 22.4. The summed E-state index contributed by atoms with van der Waals surface area (Å²) in [5.74, 6) is -0.584. The zero-order valence-corrected chi connectivity index (χ0v) is 17.0. The Morgan fingerprint density at radius 3 is 2.15 bits per heavy atom. The van der Waals surface area contributed by atoms with E-state index in [2.05, 4.69) is 10.0 Å². The van der Waals surface area contributed by atoms with Crippen molar-refractivity contribution in [3.8, 4) is 5.75 Å². The van der Waals surface area contributed by atoms with Crippen molar-refractivity contribution >= 4 is 25.8 Å². The van der Waals surface area contributed by atoms with Gasteiger partial charge in [-0.05, 0) is 30.2 Å². The van der Waals surface area contributed by atoms with Gasteiger partial charge >= 0.3 is 0 Å². The first-order valence-corrected chi connectivity index (χ1v) is 11.5. The molecule has 0 aliphatic rings. The van der Waals surface area contributed by atoms with Gasteiger partial charge in [-0.3, -0.25) is 4.79 Å². The number of carbonyl (C=O) groups excluding carboxylic acids is 1. The predicted octanol–water partition coefficient (Wildman–Crippen LogP) is 0.549. The van der Waals surface area contributed by atoms with Crippen LogP contribution in [-0.2, 0) is 24.7 Å². The van der Waals surface area contributed by atoms with E-state index in [0.29, 0.717) is 5.75 Å². The molecule has 0 saturated heterocycles. The standard InChI is InChI=1S/C16H26N2O6S2/c1-5-25(20,21)11-10-17-16(19)15(12(2)3)18-26(22,23)14-8-6-13(24-4)7-9-14/h6-9,12,15,18H,5,10-11H2,1-4H3,(H,17,19)/t15-/m0/s1. The second-order valence-electron chi connectivity index (χ2n) is 6.05. The molecule has 26 heavy (non-hydrogen) atoms. The highest BCUT2D eigenvalue weighted by molar-refractivity contribution is 7.91. The van der Waals surface area contributed by atoms with E-state index in [1.807, 2.05) is 0 Å². The molecule has 0 heterocycles. The first-order chi connectivity index (χ1) is 12.0. The van der Waals surface area contributed by atoms with Crippen LogP contribution in [-0.4, -0.2) is 53.9 Å². The molecule has 0 aliphatic carbocycles. The molecule has 2 N–H and O–H groups in total. The fourth-order valence-corrected chi connectivity index (χ4v) is 4.11. The summed E-state index contributed by atoms with van der Waals surface area (Å²) in [6, 6.07) is 4.75. The average molecular weight is 407 g/mol. The number of carbonyl (C=O) groups is 1. The van der Waals surface area contributed by atoms with Gasteiger partial charge in [0.1, 0.15) is 11.8 Å². The minimum Gasteiger partial charge on any atom is -0.497 e. The SMILES string of the molecule is CCS(=O)(=O)CCNC(=O)[C@@H](NS(=O)(=O)c1ccc(OC)cc1)C(C)C. The Hall–Kier alpha value is -1.65. The van der Waals surface area contributed by atoms with Crippen molar-refractivity contribution in [3.05, 3.63) is 24.3 Å². The van der Waals surface area contributed by atoms with E-state index >= 15 is 0 Å². The molecule has 0 aliphatic heterocycles. The number of hydrogen-bond donors (Lipinski definition) is 2. The molecule has 1 amide bonds. The van der Waals surface area contributed by atoms with E-state index in [1.54, 1.807) is 13.8 Å². The Morgan fingerprint density at radius 2 is 1.69 bits per heavy atom. The van der Waals surface area contributed by atoms with Crippen LogP contribution in [0.4, 0.5) is 0 Å². The summed E-state index contributed by atoms with van der Waals surface area (Å²) in [6.45, 7) is 4.85. The minimum atomic E-state index is -3.92. The van der Waals surface area contributed by atoms with Gasteiger partial charge in [0.2, 0.25) is 15.9 Å². The van der Waals surface area contributed by atoms with E-state index in [9.17, 15) is 21.6 Å². The van der Waals surface area contributed by atoms with Crippen molar-refractivity contribution in [1.82, 2.24) is 10.0 Å². The van der Waals surface area contributed by atoms with E-state index in [0.717, 1.165) is 0 Å². The van der Waals surface area contributed by atoms with Gasteiger partial charge in [-0.25, -0.2) is 16.8 Å². The van der Waals surface area contributed by atoms with Crippen molar-refractivity contribution in [2.75, 3.05) is 25.2 Å². The number of sulfonamides is 1. The van der Waals surface area contributed by atoms with Crippen molar-refractivity contribution < 1.29 is 26.4 Å². The number of rotatable bonds is 10. The third-order valence-corrected chi connectivity index (χ3v) is 6.92. The Labute approximate surface area is 155 Å². The van der Waals surface area contributed by atoms with Crippen LogP contribution in [0.2, 0.25) is 0 Å². The summed E-state index contributed by atoms with van der Waals surface area (Å²) < 4.78 is 55.3. The normalized spacial score (nSPS) is 13.4. The molecule has 0 radical (unpaired) electrons. The number of nitrogens with one attached hydrogen (secondary N) is 2. The van der Waals surface area contributed by atoms with Crippen molar-refractivity contribution in [2.24, 2.45) is 5.92 Å². The average Bonchev–Trinajstić information content (AvgIpc) is 2.59. The lowest BCUT2D eigenvalue weighted by Crippen LogP contribution is -2.50. The summed E-state index contributed by atoms with van der Waals surface area (Å²) in [7, 11) is -5.66. The van der Waals surface area contributed by atoms with Crippen LogP contribution >= 0.6 is 0 Å². The highest BCUT2D eigenvalue weighted by Gasteiger charge is 2.28. The fourth-order valence-electron chi connectivity index (χ4n) is 2.07. The van der Waals surface area contributed by atoms with Crippen LogP contribution in [0.15, 0.2) is 29.2 Å². The lowest BCUT2D eigenvalue weighted by Gasteiger charge is -2.21. The lowest BCUT2D eigenvalue weighted by atomic mass is 10.1. The predicted molar refractivity (Wildman–Crippen MR) is 99.3 cm³/mol. The van der Waals surface area contributed by atoms with Crippen LogP contribution in [0.1, 0.15) is 20.8 Å². The maximum atomic E-state index is 12.5. The molecular formula is C16H26N2O6S2. The Kier molecular flexibility index (Phi) is 8.04. The highest BCUT2D eigenvalue weighted by atomic mass is 32.2. The number of ether oxygens (including phenoxy) is 1. The molecule has 1 aromatic carbocycles. The molecule has 8 nitrogen and oxygen atoms in total. The van der Waals surface area contributed by atoms with Gasteiger partial charge in [-0.15, -0.1) is 0 Å². The van der Waals surface area contributed by atoms with Gasteiger partial charge in [0.05, 0.1) is 17.8 Å². The Balaban J connectivity index is 2.84. The van der Waals surface area contributed by atoms with Crippen molar-refractivity contribution in [2.45, 2.75) is 31.7 Å². The largest absolute Gasteiger partial charge is 0.497 e. The number of hydrogen-bond acceptors (Lipinski definition) is 6. The third kappa shape index (κ3) is 6.58. The van der Waals surface area contributed by atoms with E-state index in [1.165, 1.54) is 38.3 Å². The molecule has 0 unspecified atom stereocenters. The maximum Gasteiger partial charge on any atom is 0.241 e. The first-order valence-electron chi connectivity index (χ1n) is 8.17. The van der Waals surface area contributed by atoms with Crippen LogP contribution in [0.5, 0.6) is 5.75 Å². The second-order valence-corrected chi connectivity index (χ2v) is 10.2. The van der Waals surface area contributed by atoms with Crippen LogP contribution in [0.25, 0.3) is 0 Å². The molecule has 1 rings (SSSR count). The number of methoxy groups -OCH3 is 1. The monoisotopic (exact) mass is 406 g/mol.